The molecule has 32 heavy (non-hydrogen) atoms. The van der Waals surface area contributed by atoms with Crippen LogP contribution in [-0.2, 0) is 16.2 Å². The van der Waals surface area contributed by atoms with Crippen LogP contribution in [0.25, 0.3) is 21.9 Å². The van der Waals surface area contributed by atoms with E-state index in [2.05, 4.69) is 4.98 Å². The molecule has 1 saturated heterocycles. The normalized spacial score (nSPS) is 16.2. The molecule has 0 spiro atoms. The van der Waals surface area contributed by atoms with E-state index in [1.54, 1.807) is 6.07 Å². The number of piperazine rings is 1. The second kappa shape index (κ2) is 7.49. The number of anilines is 1. The molecule has 0 N–H and O–H groups in total. The predicted molar refractivity (Wildman–Crippen MR) is 114 cm³/mol. The predicted octanol–water partition coefficient (Wildman–Crippen LogP) is 4.51. The maximum absolute atomic E-state index is 13.3. The van der Waals surface area contributed by atoms with Crippen molar-refractivity contribution >= 4 is 37.8 Å². The second-order valence-corrected chi connectivity index (χ2v) is 9.46. The summed E-state index contributed by atoms with van der Waals surface area (Å²) in [4.78, 5) is 5.45. The lowest BCUT2D eigenvalue weighted by atomic mass is 10.2. The Morgan fingerprint density at radius 1 is 0.875 bits per heavy atom. The molecule has 0 radical (unpaired) electrons. The number of alkyl halides is 3. The number of hydrogen-bond acceptors (Lipinski definition) is 5. The van der Waals surface area contributed by atoms with Crippen molar-refractivity contribution in [3.63, 3.8) is 0 Å². The molecule has 10 heteroatoms. The molecular formula is C22H18F3N3O3S. The van der Waals surface area contributed by atoms with Crippen molar-refractivity contribution < 1.29 is 26.0 Å². The molecule has 4 aromatic rings. The lowest BCUT2D eigenvalue weighted by Crippen LogP contribution is -2.49. The van der Waals surface area contributed by atoms with Crippen LogP contribution in [0.1, 0.15) is 5.56 Å². The Balaban J connectivity index is 1.39. The summed E-state index contributed by atoms with van der Waals surface area (Å²) in [6.45, 7) is 0.307. The highest BCUT2D eigenvalue weighted by Crippen LogP contribution is 2.36. The van der Waals surface area contributed by atoms with Crippen molar-refractivity contribution in [3.8, 4) is 0 Å². The summed E-state index contributed by atoms with van der Waals surface area (Å²) >= 11 is 0. The van der Waals surface area contributed by atoms with Gasteiger partial charge in [-0.2, -0.15) is 17.5 Å². The average molecular weight is 461 g/mol. The van der Waals surface area contributed by atoms with E-state index in [0.29, 0.717) is 11.2 Å². The van der Waals surface area contributed by atoms with E-state index in [0.717, 1.165) is 16.8 Å². The van der Waals surface area contributed by atoms with Gasteiger partial charge in [0.15, 0.2) is 0 Å². The van der Waals surface area contributed by atoms with Crippen molar-refractivity contribution in [1.82, 2.24) is 9.29 Å². The number of furan rings is 1. The summed E-state index contributed by atoms with van der Waals surface area (Å²) in [6.07, 6.45) is -3.23. The van der Waals surface area contributed by atoms with Gasteiger partial charge in [-0.15, -0.1) is 0 Å². The molecule has 0 aliphatic carbocycles. The number of fused-ring (bicyclic) bond motifs is 3. The standard InChI is InChI=1S/C22H18F3N3O3S/c23-22(24,25)18-5-3-9-26-21(18)27-10-12-28(13-11-27)32(29,30)15-7-8-17-16-4-1-2-6-19(16)31-20(17)14-15/h1-9,14H,10-13H2. The number of nitrogens with zero attached hydrogens (tertiary/aromatic N) is 3. The maximum Gasteiger partial charge on any atom is 0.419 e. The molecule has 6 nitrogen and oxygen atoms in total. The summed E-state index contributed by atoms with van der Waals surface area (Å²) in [5.41, 5.74) is 0.308. The maximum atomic E-state index is 13.3. The quantitative estimate of drug-likeness (QED) is 0.449. The van der Waals surface area contributed by atoms with Crippen LogP contribution in [0.15, 0.2) is 70.1 Å². The zero-order chi connectivity index (χ0) is 22.5. The minimum absolute atomic E-state index is 0.0500. The van der Waals surface area contributed by atoms with Crippen LogP contribution in [0.2, 0.25) is 0 Å². The molecule has 0 bridgehead atoms. The first-order valence-electron chi connectivity index (χ1n) is 9.94. The largest absolute Gasteiger partial charge is 0.456 e. The molecule has 0 saturated carbocycles. The van der Waals surface area contributed by atoms with E-state index in [-0.39, 0.29) is 36.9 Å². The highest BCUT2D eigenvalue weighted by molar-refractivity contribution is 7.89. The highest BCUT2D eigenvalue weighted by atomic mass is 32.2. The van der Waals surface area contributed by atoms with Gasteiger partial charge in [0.1, 0.15) is 17.0 Å². The lowest BCUT2D eigenvalue weighted by molar-refractivity contribution is -0.137. The van der Waals surface area contributed by atoms with Crippen molar-refractivity contribution in [2.75, 3.05) is 31.1 Å². The van der Waals surface area contributed by atoms with Crippen LogP contribution >= 0.6 is 0 Å². The third kappa shape index (κ3) is 3.49. The number of halogens is 3. The van der Waals surface area contributed by atoms with Gasteiger partial charge in [-0.3, -0.25) is 0 Å². The van der Waals surface area contributed by atoms with Gasteiger partial charge in [-0.05, 0) is 30.3 Å². The zero-order valence-corrected chi connectivity index (χ0v) is 17.5. The number of aromatic nitrogens is 1. The highest BCUT2D eigenvalue weighted by Gasteiger charge is 2.37. The van der Waals surface area contributed by atoms with Crippen molar-refractivity contribution in [2.24, 2.45) is 0 Å². The van der Waals surface area contributed by atoms with Crippen LogP contribution in [0.5, 0.6) is 0 Å². The van der Waals surface area contributed by atoms with Gasteiger partial charge in [0.25, 0.3) is 0 Å². The third-order valence-electron chi connectivity index (χ3n) is 5.62. The summed E-state index contributed by atoms with van der Waals surface area (Å²) in [6, 6.07) is 14.4. The Labute approximate surface area is 181 Å². The molecule has 2 aromatic heterocycles. The molecule has 2 aromatic carbocycles. The number of para-hydroxylation sites is 1. The van der Waals surface area contributed by atoms with E-state index >= 15 is 0 Å². The lowest BCUT2D eigenvalue weighted by Gasteiger charge is -2.35. The Bertz CT molecular complexity index is 1410. The van der Waals surface area contributed by atoms with Gasteiger partial charge < -0.3 is 9.32 Å². The number of pyridine rings is 1. The fourth-order valence-corrected chi connectivity index (χ4v) is 5.46. The SMILES string of the molecule is O=S(=O)(c1ccc2c(c1)oc1ccccc12)N1CCN(c2ncccc2C(F)(F)F)CC1. The molecule has 3 heterocycles. The van der Waals surface area contributed by atoms with Gasteiger partial charge >= 0.3 is 6.18 Å². The van der Waals surface area contributed by atoms with Gasteiger partial charge in [0.2, 0.25) is 10.0 Å². The van der Waals surface area contributed by atoms with Gasteiger partial charge in [0, 0.05) is 49.2 Å². The van der Waals surface area contributed by atoms with Crippen LogP contribution in [0.3, 0.4) is 0 Å². The average Bonchev–Trinajstić information content (AvgIpc) is 3.16. The first-order chi connectivity index (χ1) is 15.2. The van der Waals surface area contributed by atoms with Gasteiger partial charge in [0.05, 0.1) is 10.5 Å². The number of hydrogen-bond donors (Lipinski definition) is 0. The van der Waals surface area contributed by atoms with Crippen molar-refractivity contribution in [2.45, 2.75) is 11.1 Å². The second-order valence-electron chi connectivity index (χ2n) is 7.52. The molecule has 0 atom stereocenters. The van der Waals surface area contributed by atoms with Crippen LogP contribution < -0.4 is 4.90 Å². The van der Waals surface area contributed by atoms with Crippen LogP contribution in [0, 0.1) is 0 Å². The first kappa shape index (κ1) is 20.8. The minimum Gasteiger partial charge on any atom is -0.456 e. The van der Waals surface area contributed by atoms with E-state index in [9.17, 15) is 21.6 Å². The van der Waals surface area contributed by atoms with Gasteiger partial charge in [-0.1, -0.05) is 18.2 Å². The molecule has 0 unspecified atom stereocenters. The Morgan fingerprint density at radius 2 is 1.59 bits per heavy atom. The number of rotatable bonds is 3. The van der Waals surface area contributed by atoms with Crippen molar-refractivity contribution in [1.29, 1.82) is 0 Å². The molecule has 5 rings (SSSR count). The summed E-state index contributed by atoms with van der Waals surface area (Å²) < 4.78 is 73.4. The van der Waals surface area contributed by atoms with E-state index in [4.69, 9.17) is 4.42 Å². The smallest absolute Gasteiger partial charge is 0.419 e. The van der Waals surface area contributed by atoms with Crippen LogP contribution in [0.4, 0.5) is 19.0 Å². The number of sulfonamides is 1. The minimum atomic E-state index is -4.53. The molecule has 0 amide bonds. The third-order valence-corrected chi connectivity index (χ3v) is 7.51. The van der Waals surface area contributed by atoms with Crippen LogP contribution in [-0.4, -0.2) is 43.9 Å². The summed E-state index contributed by atoms with van der Waals surface area (Å²) in [7, 11) is -3.83. The Kier molecular flexibility index (Phi) is 4.86. The van der Waals surface area contributed by atoms with E-state index in [1.807, 2.05) is 24.3 Å². The number of benzene rings is 2. The summed E-state index contributed by atoms with van der Waals surface area (Å²) in [5.74, 6) is -0.180. The van der Waals surface area contributed by atoms with E-state index in [1.165, 1.54) is 33.6 Å². The fourth-order valence-electron chi connectivity index (χ4n) is 4.03. The Hall–Kier alpha value is -3.11. The Morgan fingerprint density at radius 3 is 2.34 bits per heavy atom. The molecule has 1 aliphatic heterocycles. The zero-order valence-electron chi connectivity index (χ0n) is 16.7. The van der Waals surface area contributed by atoms with E-state index < -0.39 is 21.8 Å². The topological polar surface area (TPSA) is 66.7 Å². The molecule has 1 fully saturated rings. The van der Waals surface area contributed by atoms with Gasteiger partial charge in [-0.25, -0.2) is 13.4 Å². The molecule has 1 aliphatic rings. The first-order valence-corrected chi connectivity index (χ1v) is 11.4. The molecule has 166 valence electrons. The molecular weight excluding hydrogens is 443 g/mol. The van der Waals surface area contributed by atoms with Crippen molar-refractivity contribution in [3.05, 3.63) is 66.4 Å². The fraction of sp³-hybridized carbons (Fsp3) is 0.227. The monoisotopic (exact) mass is 461 g/mol. The summed E-state index contributed by atoms with van der Waals surface area (Å²) in [5, 5.41) is 1.72.